The van der Waals surface area contributed by atoms with Crippen LogP contribution < -0.4 is 5.43 Å². The fourth-order valence-electron chi connectivity index (χ4n) is 8.06. The number of halogens is 2. The van der Waals surface area contributed by atoms with Crippen molar-refractivity contribution in [3.8, 4) is 0 Å². The minimum absolute atomic E-state index is 0.108. The molecule has 140 valence electrons. The highest BCUT2D eigenvalue weighted by Gasteiger charge is 2.96. The molecule has 8 bridgehead atoms. The largest absolute Gasteiger partial charge is 0.272 e. The first-order valence-electron chi connectivity index (χ1n) is 9.47. The third-order valence-electron chi connectivity index (χ3n) is 8.45. The molecule has 1 saturated heterocycles. The predicted octanol–water partition coefficient (Wildman–Crippen LogP) is 2.86. The molecule has 5 nitrogen and oxygen atoms in total. The predicted molar refractivity (Wildman–Crippen MR) is 99.9 cm³/mol. The first kappa shape index (κ1) is 15.8. The van der Waals surface area contributed by atoms with Gasteiger partial charge in [-0.1, -0.05) is 47.5 Å². The third-order valence-corrected chi connectivity index (χ3v) is 9.19. The number of hydrazine groups is 1. The number of carbonyl (C=O) groups is 3. The Hall–Kier alpha value is -2.11. The van der Waals surface area contributed by atoms with E-state index < -0.39 is 16.7 Å². The van der Waals surface area contributed by atoms with Gasteiger partial charge in [0.2, 0.25) is 0 Å². The van der Waals surface area contributed by atoms with Crippen molar-refractivity contribution in [1.29, 1.82) is 0 Å². The van der Waals surface area contributed by atoms with E-state index in [1.807, 2.05) is 0 Å². The van der Waals surface area contributed by atoms with Crippen LogP contribution in [0.15, 0.2) is 42.5 Å². The molecule has 4 unspecified atom stereocenters. The Kier molecular flexibility index (Phi) is 2.47. The lowest BCUT2D eigenvalue weighted by Crippen LogP contribution is -2.50. The molecule has 1 N–H and O–H groups in total. The summed E-state index contributed by atoms with van der Waals surface area (Å²) < 4.78 is 0. The highest BCUT2D eigenvalue weighted by atomic mass is 35.5. The van der Waals surface area contributed by atoms with E-state index >= 15 is 0 Å². The van der Waals surface area contributed by atoms with Gasteiger partial charge in [0.05, 0.1) is 20.9 Å². The Morgan fingerprint density at radius 1 is 0.857 bits per heavy atom. The molecule has 1 aromatic rings. The van der Waals surface area contributed by atoms with Crippen molar-refractivity contribution in [3.63, 3.8) is 0 Å². The summed E-state index contributed by atoms with van der Waals surface area (Å²) in [6.45, 7) is 0. The zero-order chi connectivity index (χ0) is 19.2. The Bertz CT molecular complexity index is 1030. The molecule has 2 spiro atoms. The van der Waals surface area contributed by atoms with Gasteiger partial charge < -0.3 is 0 Å². The van der Waals surface area contributed by atoms with Gasteiger partial charge in [0, 0.05) is 5.56 Å². The Morgan fingerprint density at radius 2 is 1.36 bits per heavy atom. The van der Waals surface area contributed by atoms with Gasteiger partial charge in [-0.25, -0.2) is 0 Å². The lowest BCUT2D eigenvalue weighted by Gasteiger charge is -2.43. The maximum Gasteiger partial charge on any atom is 0.270 e. The average molecular weight is 413 g/mol. The van der Waals surface area contributed by atoms with E-state index in [0.29, 0.717) is 16.9 Å². The highest BCUT2D eigenvalue weighted by Crippen LogP contribution is 2.91. The molecule has 8 rings (SSSR count). The van der Waals surface area contributed by atoms with Gasteiger partial charge in [-0.15, -0.1) is 0 Å². The molecule has 1 aliphatic heterocycles. The second-order valence-corrected chi connectivity index (χ2v) is 9.60. The van der Waals surface area contributed by atoms with E-state index in [4.69, 9.17) is 23.2 Å². The molecule has 28 heavy (non-hydrogen) atoms. The van der Waals surface area contributed by atoms with Gasteiger partial charge in [-0.3, -0.25) is 19.8 Å². The van der Waals surface area contributed by atoms with E-state index in [-0.39, 0.29) is 46.1 Å². The number of nitrogens with zero attached hydrogens (tertiary/aromatic N) is 1. The summed E-state index contributed by atoms with van der Waals surface area (Å²) in [5, 5.41) is 1.58. The van der Waals surface area contributed by atoms with Crippen LogP contribution in [0.4, 0.5) is 0 Å². The van der Waals surface area contributed by atoms with Crippen molar-refractivity contribution in [1.82, 2.24) is 10.4 Å². The maximum atomic E-state index is 13.7. The number of rotatable bonds is 2. The number of hydrogen-bond donors (Lipinski definition) is 1. The zero-order valence-corrected chi connectivity index (χ0v) is 15.9. The van der Waals surface area contributed by atoms with Crippen molar-refractivity contribution in [2.75, 3.05) is 0 Å². The second kappa shape index (κ2) is 4.39. The van der Waals surface area contributed by atoms with Crippen LogP contribution in [-0.4, -0.2) is 22.7 Å². The van der Waals surface area contributed by atoms with Crippen LogP contribution in [0.25, 0.3) is 0 Å². The molecule has 1 aromatic carbocycles. The molecule has 7 aliphatic rings. The summed E-state index contributed by atoms with van der Waals surface area (Å²) in [4.78, 5) is 40.1. The SMILES string of the molecule is O=C(NN1C(=O)C23[C@@H]4C=C[C@H]5C4C4[C@@H](C=C[C@@H]42)C53C1=O)c1ccc(Cl)c(Cl)c1. The van der Waals surface area contributed by atoms with Crippen molar-refractivity contribution in [2.45, 2.75) is 0 Å². The van der Waals surface area contributed by atoms with Gasteiger partial charge in [0.1, 0.15) is 0 Å². The van der Waals surface area contributed by atoms with Crippen LogP contribution in [0.3, 0.4) is 0 Å². The minimum Gasteiger partial charge on any atom is -0.272 e. The lowest BCUT2D eigenvalue weighted by atomic mass is 9.54. The zero-order valence-electron chi connectivity index (χ0n) is 14.4. The molecule has 7 heteroatoms. The minimum atomic E-state index is -0.705. The summed E-state index contributed by atoms with van der Waals surface area (Å²) in [5.74, 6) is 0.193. The highest BCUT2D eigenvalue weighted by molar-refractivity contribution is 6.42. The van der Waals surface area contributed by atoms with Gasteiger partial charge in [-0.2, -0.15) is 5.01 Å². The topological polar surface area (TPSA) is 66.5 Å². The Morgan fingerprint density at radius 3 is 1.82 bits per heavy atom. The maximum absolute atomic E-state index is 13.7. The summed E-state index contributed by atoms with van der Waals surface area (Å²) >= 11 is 11.9. The smallest absolute Gasteiger partial charge is 0.270 e. The average Bonchev–Trinajstić information content (AvgIpc) is 3.48. The number of carbonyl (C=O) groups excluding carboxylic acids is 3. The molecule has 8 atom stereocenters. The molecule has 0 aromatic heterocycles. The second-order valence-electron chi connectivity index (χ2n) is 8.78. The number of nitrogens with one attached hydrogen (secondary N) is 1. The molecule has 6 aliphatic carbocycles. The Labute approximate surface area is 170 Å². The van der Waals surface area contributed by atoms with Gasteiger partial charge in [-0.05, 0) is 53.7 Å². The van der Waals surface area contributed by atoms with Crippen molar-refractivity contribution in [3.05, 3.63) is 58.1 Å². The fraction of sp³-hybridized carbons (Fsp3) is 0.381. The van der Waals surface area contributed by atoms with Gasteiger partial charge in [0.25, 0.3) is 17.7 Å². The number of hydrogen-bond acceptors (Lipinski definition) is 3. The van der Waals surface area contributed by atoms with E-state index in [0.717, 1.165) is 5.01 Å². The quantitative estimate of drug-likeness (QED) is 0.599. The standard InChI is InChI=1S/C21H14Cl2N2O3/c22-13-6-1-8(7-14(13)23)17(26)24-25-18(27)20-9-2-3-10-15(9)16-11(20)4-5-12(16)21(10,20)19(25)28/h1-7,9-12,15-16H,(H,24,26)/t9-,10+,11+,12-,15?,16?,20?,21?. The molecule has 1 heterocycles. The van der Waals surface area contributed by atoms with Crippen LogP contribution >= 0.6 is 23.2 Å². The first-order valence-corrected chi connectivity index (χ1v) is 10.2. The van der Waals surface area contributed by atoms with Crippen LogP contribution in [-0.2, 0) is 9.59 Å². The fourth-order valence-corrected chi connectivity index (χ4v) is 8.35. The normalized spacial score (nSPS) is 47.1. The number of allylic oxidation sites excluding steroid dienone is 4. The first-order chi connectivity index (χ1) is 13.5. The molecular weight excluding hydrogens is 399 g/mol. The monoisotopic (exact) mass is 412 g/mol. The number of amides is 3. The van der Waals surface area contributed by atoms with E-state index in [1.54, 1.807) is 0 Å². The van der Waals surface area contributed by atoms with Crippen LogP contribution in [0, 0.1) is 46.3 Å². The summed E-state index contributed by atoms with van der Waals surface area (Å²) in [5.41, 5.74) is 1.41. The lowest BCUT2D eigenvalue weighted by molar-refractivity contribution is -0.146. The summed E-state index contributed by atoms with van der Waals surface area (Å²) in [6.07, 6.45) is 8.58. The molecule has 0 radical (unpaired) electrons. The van der Waals surface area contributed by atoms with Gasteiger partial charge in [0.15, 0.2) is 0 Å². The number of imide groups is 1. The van der Waals surface area contributed by atoms with Crippen LogP contribution in [0.5, 0.6) is 0 Å². The van der Waals surface area contributed by atoms with Crippen LogP contribution in [0.1, 0.15) is 10.4 Å². The molecule has 4 saturated carbocycles. The van der Waals surface area contributed by atoms with Gasteiger partial charge >= 0.3 is 0 Å². The van der Waals surface area contributed by atoms with Crippen molar-refractivity contribution >= 4 is 40.9 Å². The molecule has 5 fully saturated rings. The number of benzene rings is 1. The summed E-state index contributed by atoms with van der Waals surface area (Å²) in [7, 11) is 0. The van der Waals surface area contributed by atoms with Crippen molar-refractivity contribution < 1.29 is 14.4 Å². The van der Waals surface area contributed by atoms with Crippen LogP contribution in [0.2, 0.25) is 10.0 Å². The summed E-state index contributed by atoms with van der Waals surface area (Å²) in [6, 6.07) is 4.47. The van der Waals surface area contributed by atoms with E-state index in [1.165, 1.54) is 18.2 Å². The Balaban J connectivity index is 1.31. The molecular formula is C21H14Cl2N2O3. The van der Waals surface area contributed by atoms with Crippen molar-refractivity contribution in [2.24, 2.45) is 46.3 Å². The van der Waals surface area contributed by atoms with E-state index in [2.05, 4.69) is 29.7 Å². The van der Waals surface area contributed by atoms with E-state index in [9.17, 15) is 14.4 Å². The third kappa shape index (κ3) is 1.21. The molecule has 3 amide bonds.